The van der Waals surface area contributed by atoms with Gasteiger partial charge in [-0.15, -0.1) is 0 Å². The minimum absolute atomic E-state index is 0.0160. The molecular weight excluding hydrogens is 694 g/mol. The maximum atomic E-state index is 15.2. The second-order valence-electron chi connectivity index (χ2n) is 16.6. The van der Waals surface area contributed by atoms with Crippen LogP contribution in [0.5, 0.6) is 0 Å². The van der Waals surface area contributed by atoms with Gasteiger partial charge in [0.25, 0.3) is 5.79 Å². The van der Waals surface area contributed by atoms with E-state index in [0.29, 0.717) is 44.9 Å². The molecule has 288 valence electrons. The number of carbonyl (C=O) groups is 1. The van der Waals surface area contributed by atoms with Crippen molar-refractivity contribution in [3.63, 3.8) is 0 Å². The van der Waals surface area contributed by atoms with Crippen molar-refractivity contribution in [2.75, 3.05) is 6.61 Å². The Bertz CT molecular complexity index is 1460. The molecule has 0 aromatic carbocycles. The van der Waals surface area contributed by atoms with Crippen molar-refractivity contribution >= 4 is 5.78 Å². The van der Waals surface area contributed by atoms with Crippen LogP contribution in [0.25, 0.3) is 0 Å². The summed E-state index contributed by atoms with van der Waals surface area (Å²) in [7, 11) is 0. The molecule has 2 unspecified atom stereocenters. The standard InChI is InChI=1S/C35H46F6O10/c1-17-8-10-22-19(3)33(35(39,40)41,47-28-31(22)20(17)12-15-30(5,46-28)49-50-31)43-16-6-7-24(42)25-23-11-9-18(2)21-13-14-29(4)45-27(32(21,23)51-48-29)44-26(25)34(36,37)38/h17-23,27-28H,6-16H2,1-5H3/t17-,18-,19-,20?,21?,22+,23+,27-,28+,29-,30-,31-,32-,33-/m1/s1. The van der Waals surface area contributed by atoms with Crippen molar-refractivity contribution in [2.45, 2.75) is 152 Å². The van der Waals surface area contributed by atoms with Crippen molar-refractivity contribution in [1.29, 1.82) is 0 Å². The number of halogens is 6. The van der Waals surface area contributed by atoms with E-state index < -0.39 is 101 Å². The summed E-state index contributed by atoms with van der Waals surface area (Å²) in [6, 6.07) is 0. The Morgan fingerprint density at radius 2 is 1.33 bits per heavy atom. The van der Waals surface area contributed by atoms with E-state index in [-0.39, 0.29) is 36.5 Å². The number of alkyl halides is 6. The minimum Gasteiger partial charge on any atom is -0.456 e. The average molecular weight is 741 g/mol. The van der Waals surface area contributed by atoms with Gasteiger partial charge in [-0.05, 0) is 76.5 Å². The number of ether oxygens (including phenoxy) is 5. The van der Waals surface area contributed by atoms with E-state index in [2.05, 4.69) is 0 Å². The Hall–Kier alpha value is -1.53. The molecule has 10 rings (SSSR count). The number of rotatable bonds is 6. The molecular formula is C35H46F6O10. The summed E-state index contributed by atoms with van der Waals surface area (Å²) in [5, 5.41) is 0. The predicted octanol–water partition coefficient (Wildman–Crippen LogP) is 7.56. The fourth-order valence-electron chi connectivity index (χ4n) is 11.0. The summed E-state index contributed by atoms with van der Waals surface area (Å²) in [6.07, 6.45) is -10.2. The highest BCUT2D eigenvalue weighted by Crippen LogP contribution is 2.65. The zero-order valence-corrected chi connectivity index (χ0v) is 29.3. The van der Waals surface area contributed by atoms with Crippen molar-refractivity contribution in [1.82, 2.24) is 0 Å². The van der Waals surface area contributed by atoms with Gasteiger partial charge in [0, 0.05) is 48.5 Å². The SMILES string of the molecule is C[C@@H]1CC[C@H]2C(C(=O)CCCO[C@@]3(C(F)(F)F)O[C@@H]4O[C@@]5(C)CCC6[C@H](C)CC[C@@H]([C@H]3C)[C@]64OO5)=C(C(F)(F)F)O[C@@H]3O[C@@]4(C)CCC1[C@]32OO4. The maximum Gasteiger partial charge on any atom is 0.449 e. The van der Waals surface area contributed by atoms with Gasteiger partial charge in [0.15, 0.2) is 23.3 Å². The van der Waals surface area contributed by atoms with Crippen LogP contribution in [0.3, 0.4) is 0 Å². The van der Waals surface area contributed by atoms with Gasteiger partial charge in [0.1, 0.15) is 0 Å². The molecule has 0 amide bonds. The summed E-state index contributed by atoms with van der Waals surface area (Å²) < 4.78 is 119. The highest BCUT2D eigenvalue weighted by atomic mass is 19.4. The third-order valence-electron chi connectivity index (χ3n) is 13.6. The Labute approximate surface area is 291 Å². The van der Waals surface area contributed by atoms with E-state index in [1.165, 1.54) is 6.92 Å². The van der Waals surface area contributed by atoms with Crippen molar-refractivity contribution in [3.8, 4) is 0 Å². The van der Waals surface area contributed by atoms with Gasteiger partial charge in [-0.1, -0.05) is 20.8 Å². The Balaban J connectivity index is 1.05. The topological polar surface area (TPSA) is 100 Å². The van der Waals surface area contributed by atoms with E-state index in [9.17, 15) is 18.0 Å². The lowest BCUT2D eigenvalue weighted by molar-refractivity contribution is -0.598. The molecule has 0 N–H and O–H groups in total. The molecule has 2 aliphatic carbocycles. The lowest BCUT2D eigenvalue weighted by Gasteiger charge is -2.62. The first kappa shape index (κ1) is 36.4. The molecule has 7 saturated heterocycles. The van der Waals surface area contributed by atoms with Crippen molar-refractivity contribution in [3.05, 3.63) is 11.3 Å². The molecule has 0 radical (unpaired) electrons. The Morgan fingerprint density at radius 3 is 1.96 bits per heavy atom. The fourth-order valence-corrected chi connectivity index (χ4v) is 11.0. The molecule has 8 heterocycles. The normalized spacial score (nSPS) is 50.5. The Kier molecular flexibility index (Phi) is 8.39. The summed E-state index contributed by atoms with van der Waals surface area (Å²) in [5.74, 6) is -11.6. The minimum atomic E-state index is -5.05. The molecule has 14 atom stereocenters. The smallest absolute Gasteiger partial charge is 0.449 e. The van der Waals surface area contributed by atoms with Crippen LogP contribution >= 0.6 is 0 Å². The summed E-state index contributed by atoms with van der Waals surface area (Å²) in [4.78, 5) is 37.2. The predicted molar refractivity (Wildman–Crippen MR) is 159 cm³/mol. The number of hydrogen-bond acceptors (Lipinski definition) is 10. The molecule has 10 aliphatic rings. The van der Waals surface area contributed by atoms with Gasteiger partial charge in [-0.3, -0.25) is 4.79 Å². The molecule has 16 heteroatoms. The molecule has 0 aromatic rings. The summed E-state index contributed by atoms with van der Waals surface area (Å²) >= 11 is 0. The second-order valence-corrected chi connectivity index (χ2v) is 16.6. The largest absolute Gasteiger partial charge is 0.456 e. The molecule has 51 heavy (non-hydrogen) atoms. The van der Waals surface area contributed by atoms with Crippen LogP contribution in [0.1, 0.15) is 98.8 Å². The first-order valence-electron chi connectivity index (χ1n) is 18.3. The molecule has 10 nitrogen and oxygen atoms in total. The zero-order chi connectivity index (χ0) is 36.6. The number of hydrogen-bond donors (Lipinski definition) is 0. The average Bonchev–Trinajstić information content (AvgIpc) is 3.42. The van der Waals surface area contributed by atoms with Crippen molar-refractivity contribution in [2.24, 2.45) is 41.4 Å². The lowest BCUT2D eigenvalue weighted by atomic mass is 9.57. The van der Waals surface area contributed by atoms with Gasteiger partial charge in [-0.25, -0.2) is 19.6 Å². The third kappa shape index (κ3) is 5.16. The first-order chi connectivity index (χ1) is 23.8. The van der Waals surface area contributed by atoms with E-state index in [1.54, 1.807) is 13.8 Å². The van der Waals surface area contributed by atoms with Crippen LogP contribution in [0.4, 0.5) is 26.3 Å². The molecule has 2 saturated carbocycles. The Morgan fingerprint density at radius 1 is 0.745 bits per heavy atom. The van der Waals surface area contributed by atoms with Gasteiger partial charge in [0.2, 0.25) is 23.6 Å². The lowest BCUT2D eigenvalue weighted by Crippen LogP contribution is -2.76. The van der Waals surface area contributed by atoms with Gasteiger partial charge >= 0.3 is 12.4 Å². The molecule has 2 spiro atoms. The van der Waals surface area contributed by atoms with Crippen LogP contribution < -0.4 is 0 Å². The summed E-state index contributed by atoms with van der Waals surface area (Å²) in [6.45, 7) is 7.96. The van der Waals surface area contributed by atoms with Crippen LogP contribution in [0.15, 0.2) is 11.3 Å². The van der Waals surface area contributed by atoms with Gasteiger partial charge in [0.05, 0.1) is 6.61 Å². The van der Waals surface area contributed by atoms with Crippen LogP contribution in [0, 0.1) is 41.4 Å². The number of ketones is 1. The second kappa shape index (κ2) is 11.7. The summed E-state index contributed by atoms with van der Waals surface area (Å²) in [5.41, 5.74) is -3.38. The van der Waals surface area contributed by atoms with E-state index in [1.807, 2.05) is 13.8 Å². The van der Waals surface area contributed by atoms with E-state index in [0.717, 1.165) is 0 Å². The van der Waals surface area contributed by atoms with Crippen LogP contribution in [0.2, 0.25) is 0 Å². The van der Waals surface area contributed by atoms with E-state index in [4.69, 9.17) is 43.2 Å². The highest BCUT2D eigenvalue weighted by molar-refractivity contribution is 5.97. The van der Waals surface area contributed by atoms with Gasteiger partial charge in [-0.2, -0.15) is 26.3 Å². The number of fused-ring (bicyclic) bond motifs is 4. The molecule has 0 aromatic heterocycles. The quantitative estimate of drug-likeness (QED) is 0.154. The molecule has 4 bridgehead atoms. The monoisotopic (exact) mass is 740 g/mol. The molecule has 8 aliphatic heterocycles. The van der Waals surface area contributed by atoms with Crippen LogP contribution in [-0.2, 0) is 48.0 Å². The fraction of sp³-hybridized carbons (Fsp3) is 0.914. The van der Waals surface area contributed by atoms with Crippen LogP contribution in [-0.4, -0.2) is 65.9 Å². The van der Waals surface area contributed by atoms with E-state index >= 15 is 13.2 Å². The first-order valence-corrected chi connectivity index (χ1v) is 18.3. The molecule has 9 fully saturated rings. The maximum absolute atomic E-state index is 15.2. The number of Topliss-reactive ketones (excluding diaryl/α,β-unsaturated/α-hetero) is 1. The van der Waals surface area contributed by atoms with Gasteiger partial charge < -0.3 is 23.7 Å². The number of allylic oxidation sites excluding steroid dienone is 1. The third-order valence-corrected chi connectivity index (χ3v) is 13.6. The highest BCUT2D eigenvalue weighted by Gasteiger charge is 2.77. The number of carbonyl (C=O) groups excluding carboxylic acids is 1. The van der Waals surface area contributed by atoms with Crippen molar-refractivity contribution < 1.29 is 74.4 Å². The zero-order valence-electron chi connectivity index (χ0n) is 29.3.